The second-order valence-electron chi connectivity index (χ2n) is 9.14. The largest absolute Gasteiger partial charge is 0.467 e. The molecule has 3 atom stereocenters. The molecule has 4 saturated carbocycles. The molecule has 5 fully saturated rings. The number of halogens is 1. The standard InChI is InChI=1S/C19H27FN2O4/c1-12(23)21-18-8-13-5-14(9-18)7-17(6-13,10-18)15(24)22-4-3-19(20,11-22)16(25)26-2/h13-14H,3-11H2,1-2H3,(H,21,23)/t13-,14-,17?,18?,19+/m1/s1. The van der Waals surface area contributed by atoms with Crippen LogP contribution < -0.4 is 5.32 Å². The molecule has 144 valence electrons. The van der Waals surface area contributed by atoms with Gasteiger partial charge < -0.3 is 15.0 Å². The number of nitrogens with one attached hydrogen (secondary N) is 1. The van der Waals surface area contributed by atoms with Gasteiger partial charge in [-0.2, -0.15) is 0 Å². The maximum absolute atomic E-state index is 14.8. The van der Waals surface area contributed by atoms with Crippen LogP contribution in [0.5, 0.6) is 0 Å². The molecule has 1 N–H and O–H groups in total. The number of nitrogens with zero attached hydrogens (tertiary/aromatic N) is 1. The Kier molecular flexibility index (Phi) is 3.87. The minimum absolute atomic E-state index is 0.00874. The maximum Gasteiger partial charge on any atom is 0.345 e. The SMILES string of the molecule is COC(=O)[C@]1(F)CCN(C(=O)C23C[C@H]4C[C@@H](CC(NC(C)=O)(C4)C2)C3)C1. The number of ether oxygens (including phenoxy) is 1. The van der Waals surface area contributed by atoms with Gasteiger partial charge in [-0.25, -0.2) is 9.18 Å². The van der Waals surface area contributed by atoms with E-state index in [9.17, 15) is 18.8 Å². The summed E-state index contributed by atoms with van der Waals surface area (Å²) in [6.45, 7) is 1.55. The average molecular weight is 366 g/mol. The molecule has 4 bridgehead atoms. The number of carbonyl (C=O) groups excluding carboxylic acids is 3. The van der Waals surface area contributed by atoms with E-state index in [2.05, 4.69) is 10.1 Å². The van der Waals surface area contributed by atoms with Crippen LogP contribution in [0.2, 0.25) is 0 Å². The predicted octanol–water partition coefficient (Wildman–Crippen LogP) is 1.58. The molecule has 0 aromatic carbocycles. The quantitative estimate of drug-likeness (QED) is 0.770. The number of methoxy groups -OCH3 is 1. The van der Waals surface area contributed by atoms with Crippen molar-refractivity contribution in [3.05, 3.63) is 0 Å². The third-order valence-corrected chi connectivity index (χ3v) is 7.01. The molecule has 1 aliphatic heterocycles. The number of likely N-dealkylation sites (tertiary alicyclic amines) is 1. The van der Waals surface area contributed by atoms with E-state index in [1.807, 2.05) is 0 Å². The Morgan fingerprint density at radius 1 is 1.15 bits per heavy atom. The summed E-state index contributed by atoms with van der Waals surface area (Å²) in [5, 5.41) is 3.14. The van der Waals surface area contributed by atoms with E-state index >= 15 is 0 Å². The first-order valence-electron chi connectivity index (χ1n) is 9.55. The lowest BCUT2D eigenvalue weighted by Gasteiger charge is -2.61. The summed E-state index contributed by atoms with van der Waals surface area (Å²) in [5.74, 6) is -0.113. The molecule has 1 saturated heterocycles. The van der Waals surface area contributed by atoms with Gasteiger partial charge in [0.1, 0.15) is 0 Å². The Morgan fingerprint density at radius 2 is 1.81 bits per heavy atom. The lowest BCUT2D eigenvalue weighted by Crippen LogP contribution is -2.66. The van der Waals surface area contributed by atoms with E-state index in [1.165, 1.54) is 18.9 Å². The summed E-state index contributed by atoms with van der Waals surface area (Å²) in [5.41, 5.74) is -2.91. The zero-order chi connectivity index (χ0) is 18.7. The van der Waals surface area contributed by atoms with Gasteiger partial charge in [-0.15, -0.1) is 0 Å². The molecule has 26 heavy (non-hydrogen) atoms. The molecule has 0 aromatic rings. The summed E-state index contributed by atoms with van der Waals surface area (Å²) in [6.07, 6.45) is 5.26. The van der Waals surface area contributed by atoms with Crippen LogP contribution in [0.25, 0.3) is 0 Å². The van der Waals surface area contributed by atoms with E-state index in [-0.39, 0.29) is 36.9 Å². The summed E-state index contributed by atoms with van der Waals surface area (Å²) in [6, 6.07) is 0. The van der Waals surface area contributed by atoms with Crippen molar-refractivity contribution < 1.29 is 23.5 Å². The van der Waals surface area contributed by atoms with E-state index in [0.29, 0.717) is 18.3 Å². The highest BCUT2D eigenvalue weighted by atomic mass is 19.1. The van der Waals surface area contributed by atoms with Crippen molar-refractivity contribution in [2.75, 3.05) is 20.2 Å². The van der Waals surface area contributed by atoms with Crippen molar-refractivity contribution in [2.45, 2.75) is 63.1 Å². The van der Waals surface area contributed by atoms with Crippen LogP contribution in [-0.4, -0.2) is 54.1 Å². The van der Waals surface area contributed by atoms with Gasteiger partial charge in [-0.05, 0) is 50.4 Å². The number of hydrogen-bond donors (Lipinski definition) is 1. The van der Waals surface area contributed by atoms with Gasteiger partial charge >= 0.3 is 5.97 Å². The minimum Gasteiger partial charge on any atom is -0.467 e. The third-order valence-electron chi connectivity index (χ3n) is 7.01. The number of carbonyl (C=O) groups is 3. The molecule has 5 rings (SSSR count). The molecule has 4 aliphatic carbocycles. The molecule has 6 nitrogen and oxygen atoms in total. The van der Waals surface area contributed by atoms with Crippen molar-refractivity contribution >= 4 is 17.8 Å². The predicted molar refractivity (Wildman–Crippen MR) is 90.7 cm³/mol. The van der Waals surface area contributed by atoms with Gasteiger partial charge in [0.2, 0.25) is 17.5 Å². The molecule has 5 aliphatic rings. The molecule has 1 heterocycles. The molecule has 0 spiro atoms. The first kappa shape index (κ1) is 17.7. The van der Waals surface area contributed by atoms with Gasteiger partial charge in [-0.1, -0.05) is 0 Å². The van der Waals surface area contributed by atoms with Gasteiger partial charge in [-0.3, -0.25) is 9.59 Å². The van der Waals surface area contributed by atoms with E-state index in [4.69, 9.17) is 0 Å². The van der Waals surface area contributed by atoms with Gasteiger partial charge in [0, 0.05) is 25.4 Å². The first-order valence-corrected chi connectivity index (χ1v) is 9.55. The number of alkyl halides is 1. The second kappa shape index (κ2) is 5.67. The van der Waals surface area contributed by atoms with Crippen LogP contribution in [0, 0.1) is 17.3 Å². The number of hydrogen-bond acceptors (Lipinski definition) is 4. The smallest absolute Gasteiger partial charge is 0.345 e. The van der Waals surface area contributed by atoms with Crippen LogP contribution in [0.4, 0.5) is 4.39 Å². The van der Waals surface area contributed by atoms with Crippen LogP contribution in [0.1, 0.15) is 51.9 Å². The summed E-state index contributed by atoms with van der Waals surface area (Å²) in [7, 11) is 1.17. The van der Waals surface area contributed by atoms with Crippen LogP contribution in [0.3, 0.4) is 0 Å². The zero-order valence-electron chi connectivity index (χ0n) is 15.5. The third kappa shape index (κ3) is 2.62. The Bertz CT molecular complexity index is 652. The van der Waals surface area contributed by atoms with Crippen LogP contribution >= 0.6 is 0 Å². The summed E-state index contributed by atoms with van der Waals surface area (Å²) >= 11 is 0. The fourth-order valence-corrected chi connectivity index (χ4v) is 6.66. The zero-order valence-corrected chi connectivity index (χ0v) is 15.5. The summed E-state index contributed by atoms with van der Waals surface area (Å²) < 4.78 is 19.4. The second-order valence-corrected chi connectivity index (χ2v) is 9.14. The average Bonchev–Trinajstić information content (AvgIpc) is 2.94. The van der Waals surface area contributed by atoms with E-state index in [1.54, 1.807) is 0 Å². The molecule has 0 radical (unpaired) electrons. The molecular formula is C19H27FN2O4. The molecule has 2 amide bonds. The van der Waals surface area contributed by atoms with Gasteiger partial charge in [0.25, 0.3) is 0 Å². The van der Waals surface area contributed by atoms with Crippen LogP contribution in [0.15, 0.2) is 0 Å². The van der Waals surface area contributed by atoms with E-state index < -0.39 is 17.1 Å². The first-order chi connectivity index (χ1) is 12.2. The topological polar surface area (TPSA) is 75.7 Å². The van der Waals surface area contributed by atoms with Crippen molar-refractivity contribution in [3.8, 4) is 0 Å². The van der Waals surface area contributed by atoms with Crippen molar-refractivity contribution in [2.24, 2.45) is 17.3 Å². The van der Waals surface area contributed by atoms with E-state index in [0.717, 1.165) is 32.1 Å². The van der Waals surface area contributed by atoms with Crippen molar-refractivity contribution in [1.29, 1.82) is 0 Å². The lowest BCUT2D eigenvalue weighted by atomic mass is 9.46. The number of amides is 2. The Hall–Kier alpha value is -1.66. The van der Waals surface area contributed by atoms with Gasteiger partial charge in [0.05, 0.1) is 19.1 Å². The van der Waals surface area contributed by atoms with Gasteiger partial charge in [0.15, 0.2) is 0 Å². The summed E-state index contributed by atoms with van der Waals surface area (Å²) in [4.78, 5) is 38.4. The monoisotopic (exact) mass is 366 g/mol. The number of rotatable bonds is 3. The van der Waals surface area contributed by atoms with Crippen molar-refractivity contribution in [1.82, 2.24) is 10.2 Å². The highest BCUT2D eigenvalue weighted by molar-refractivity contribution is 5.87. The Balaban J connectivity index is 1.56. The Labute approximate surface area is 152 Å². The fourth-order valence-electron chi connectivity index (χ4n) is 6.66. The highest BCUT2D eigenvalue weighted by Crippen LogP contribution is 2.62. The van der Waals surface area contributed by atoms with Crippen LogP contribution in [-0.2, 0) is 19.1 Å². The normalized spacial score (nSPS) is 43.4. The maximum atomic E-state index is 14.8. The molecular weight excluding hydrogens is 339 g/mol. The lowest BCUT2D eigenvalue weighted by molar-refractivity contribution is -0.164. The number of esters is 1. The molecule has 0 unspecified atom stereocenters. The Morgan fingerprint density at radius 3 is 2.38 bits per heavy atom. The highest BCUT2D eigenvalue weighted by Gasteiger charge is 2.62. The minimum atomic E-state index is -2.10. The molecule has 0 aromatic heterocycles. The fraction of sp³-hybridized carbons (Fsp3) is 0.842. The van der Waals surface area contributed by atoms with Crippen molar-refractivity contribution in [3.63, 3.8) is 0 Å². The molecule has 7 heteroatoms.